The zero-order valence-corrected chi connectivity index (χ0v) is 12.3. The van der Waals surface area contributed by atoms with E-state index in [1.54, 1.807) is 19.5 Å². The number of hydrogen-bond donors (Lipinski definition) is 2. The van der Waals surface area contributed by atoms with Crippen molar-refractivity contribution in [1.29, 1.82) is 0 Å². The molecule has 0 fully saturated rings. The minimum atomic E-state index is -0.0524. The lowest BCUT2D eigenvalue weighted by atomic mass is 10.1. The number of rotatable bonds is 6. The molecule has 0 aliphatic carbocycles. The number of aromatic nitrogens is 1. The highest BCUT2D eigenvalue weighted by Gasteiger charge is 2.11. The van der Waals surface area contributed by atoms with Gasteiger partial charge >= 0.3 is 0 Å². The van der Waals surface area contributed by atoms with Crippen LogP contribution in [0, 0.1) is 0 Å². The van der Waals surface area contributed by atoms with Gasteiger partial charge in [0.15, 0.2) is 0 Å². The second kappa shape index (κ2) is 6.90. The number of nitrogens with one attached hydrogen (secondary N) is 1. The van der Waals surface area contributed by atoms with Crippen LogP contribution in [0.5, 0.6) is 0 Å². The van der Waals surface area contributed by atoms with Gasteiger partial charge in [0.25, 0.3) is 0 Å². The molecule has 0 saturated heterocycles. The first-order chi connectivity index (χ1) is 10.1. The van der Waals surface area contributed by atoms with Gasteiger partial charge in [0.2, 0.25) is 5.91 Å². The first-order valence-electron chi connectivity index (χ1n) is 6.72. The van der Waals surface area contributed by atoms with Gasteiger partial charge in [0.05, 0.1) is 13.2 Å². The van der Waals surface area contributed by atoms with E-state index in [1.807, 2.05) is 30.1 Å². The molecule has 3 N–H and O–H groups in total. The summed E-state index contributed by atoms with van der Waals surface area (Å²) in [6.45, 7) is 1.27. The highest BCUT2D eigenvalue weighted by molar-refractivity contribution is 6.01. The van der Waals surface area contributed by atoms with Crippen LogP contribution in [0.4, 0.5) is 11.4 Å². The molecule has 2 rings (SSSR count). The third-order valence-electron chi connectivity index (χ3n) is 3.25. The lowest BCUT2D eigenvalue weighted by molar-refractivity contribution is -0.119. The van der Waals surface area contributed by atoms with Crippen LogP contribution in [0.2, 0.25) is 0 Å². The summed E-state index contributed by atoms with van der Waals surface area (Å²) in [7, 11) is 3.47. The van der Waals surface area contributed by atoms with E-state index in [9.17, 15) is 4.79 Å². The summed E-state index contributed by atoms with van der Waals surface area (Å²) in [4.78, 5) is 17.9. The van der Waals surface area contributed by atoms with Crippen molar-refractivity contribution in [2.75, 3.05) is 44.5 Å². The van der Waals surface area contributed by atoms with E-state index >= 15 is 0 Å². The fourth-order valence-corrected chi connectivity index (χ4v) is 2.18. The molecular formula is C15H20N4O2. The highest BCUT2D eigenvalue weighted by atomic mass is 16.5. The van der Waals surface area contributed by atoms with E-state index < -0.39 is 0 Å². The van der Waals surface area contributed by atoms with Crippen molar-refractivity contribution in [2.24, 2.45) is 0 Å². The summed E-state index contributed by atoms with van der Waals surface area (Å²) in [5, 5.41) is 4.67. The van der Waals surface area contributed by atoms with Crippen LogP contribution in [-0.2, 0) is 9.53 Å². The molecule has 1 aromatic carbocycles. The lowest BCUT2D eigenvalue weighted by Gasteiger charge is -2.21. The number of methoxy groups -OCH3 is 1. The number of nitrogens with zero attached hydrogens (tertiary/aromatic N) is 2. The molecule has 0 aliphatic rings. The fourth-order valence-electron chi connectivity index (χ4n) is 2.18. The van der Waals surface area contributed by atoms with Crippen molar-refractivity contribution in [1.82, 2.24) is 10.3 Å². The largest absolute Gasteiger partial charge is 0.398 e. The van der Waals surface area contributed by atoms with Crippen LogP contribution in [0.15, 0.2) is 30.6 Å². The van der Waals surface area contributed by atoms with Crippen LogP contribution in [0.25, 0.3) is 10.8 Å². The van der Waals surface area contributed by atoms with Crippen LogP contribution in [0.1, 0.15) is 0 Å². The molecule has 0 spiro atoms. The quantitative estimate of drug-likeness (QED) is 0.612. The second-order valence-electron chi connectivity index (χ2n) is 4.79. The molecule has 6 heteroatoms. The summed E-state index contributed by atoms with van der Waals surface area (Å²) in [6.07, 6.45) is 3.47. The van der Waals surface area contributed by atoms with Gasteiger partial charge in [-0.15, -0.1) is 0 Å². The Balaban J connectivity index is 2.14. The van der Waals surface area contributed by atoms with Crippen LogP contribution >= 0.6 is 0 Å². The molecule has 21 heavy (non-hydrogen) atoms. The summed E-state index contributed by atoms with van der Waals surface area (Å²) in [5.41, 5.74) is 7.60. The number of anilines is 2. The summed E-state index contributed by atoms with van der Waals surface area (Å²) >= 11 is 0. The number of benzene rings is 1. The smallest absolute Gasteiger partial charge is 0.239 e. The van der Waals surface area contributed by atoms with Crippen molar-refractivity contribution < 1.29 is 9.53 Å². The predicted molar refractivity (Wildman–Crippen MR) is 84.3 cm³/mol. The summed E-state index contributed by atoms with van der Waals surface area (Å²) in [6, 6.07) is 5.62. The minimum absolute atomic E-state index is 0.0524. The maximum Gasteiger partial charge on any atom is 0.239 e. The van der Waals surface area contributed by atoms with Gasteiger partial charge in [-0.05, 0) is 18.2 Å². The zero-order chi connectivity index (χ0) is 15.2. The molecule has 6 nitrogen and oxygen atoms in total. The number of ether oxygens (including phenoxy) is 1. The molecule has 2 aromatic rings. The van der Waals surface area contributed by atoms with Crippen molar-refractivity contribution in [3.63, 3.8) is 0 Å². The molecule has 0 unspecified atom stereocenters. The van der Waals surface area contributed by atoms with E-state index in [2.05, 4.69) is 10.3 Å². The molecule has 0 saturated carbocycles. The van der Waals surface area contributed by atoms with Crippen LogP contribution in [0.3, 0.4) is 0 Å². The number of nitrogen functional groups attached to an aromatic ring is 1. The number of likely N-dealkylation sites (N-methyl/N-ethyl adjacent to an activating group) is 1. The van der Waals surface area contributed by atoms with E-state index in [0.717, 1.165) is 16.5 Å². The monoisotopic (exact) mass is 288 g/mol. The Labute approximate surface area is 123 Å². The first-order valence-corrected chi connectivity index (χ1v) is 6.72. The maximum absolute atomic E-state index is 11.9. The van der Waals surface area contributed by atoms with Crippen molar-refractivity contribution in [2.45, 2.75) is 0 Å². The van der Waals surface area contributed by atoms with Gasteiger partial charge in [-0.25, -0.2) is 0 Å². The number of hydrogen-bond acceptors (Lipinski definition) is 5. The van der Waals surface area contributed by atoms with Crippen molar-refractivity contribution >= 4 is 28.1 Å². The first kappa shape index (κ1) is 15.1. The number of fused-ring (bicyclic) bond motifs is 1. The Bertz CT molecular complexity index is 630. The van der Waals surface area contributed by atoms with Gasteiger partial charge in [0.1, 0.15) is 0 Å². The Morgan fingerprint density at radius 3 is 2.95 bits per heavy atom. The summed E-state index contributed by atoms with van der Waals surface area (Å²) in [5.74, 6) is -0.0524. The molecule has 0 atom stereocenters. The Hall–Kier alpha value is -2.34. The Kier molecular flexibility index (Phi) is 4.94. The lowest BCUT2D eigenvalue weighted by Crippen LogP contribution is -2.36. The molecule has 0 radical (unpaired) electrons. The van der Waals surface area contributed by atoms with Gasteiger partial charge in [-0.3, -0.25) is 9.78 Å². The van der Waals surface area contributed by atoms with Gasteiger partial charge in [0, 0.05) is 55.2 Å². The average Bonchev–Trinajstić information content (AvgIpc) is 2.48. The molecule has 112 valence electrons. The second-order valence-corrected chi connectivity index (χ2v) is 4.79. The van der Waals surface area contributed by atoms with Gasteiger partial charge in [-0.1, -0.05) is 0 Å². The van der Waals surface area contributed by atoms with Gasteiger partial charge < -0.3 is 20.7 Å². The average molecular weight is 288 g/mol. The van der Waals surface area contributed by atoms with Gasteiger partial charge in [-0.2, -0.15) is 0 Å². The normalized spacial score (nSPS) is 10.6. The number of amides is 1. The molecule has 0 bridgehead atoms. The van der Waals surface area contributed by atoms with Crippen molar-refractivity contribution in [3.05, 3.63) is 30.6 Å². The van der Waals surface area contributed by atoms with Crippen LogP contribution in [-0.4, -0.2) is 44.7 Å². The third kappa shape index (κ3) is 3.61. The number of carbonyl (C=O) groups is 1. The van der Waals surface area contributed by atoms with E-state index in [1.165, 1.54) is 0 Å². The van der Waals surface area contributed by atoms with E-state index in [0.29, 0.717) is 18.8 Å². The topological polar surface area (TPSA) is 80.5 Å². The Morgan fingerprint density at radius 2 is 2.19 bits per heavy atom. The van der Waals surface area contributed by atoms with E-state index in [-0.39, 0.29) is 12.5 Å². The zero-order valence-electron chi connectivity index (χ0n) is 12.3. The molecular weight excluding hydrogens is 268 g/mol. The molecule has 1 amide bonds. The number of pyridine rings is 1. The minimum Gasteiger partial charge on any atom is -0.398 e. The summed E-state index contributed by atoms with van der Waals surface area (Å²) < 4.78 is 4.90. The van der Waals surface area contributed by atoms with E-state index in [4.69, 9.17) is 10.5 Å². The number of carbonyl (C=O) groups excluding carboxylic acids is 1. The number of nitrogens with two attached hydrogens (primary N) is 1. The predicted octanol–water partition coefficient (Wildman–Crippen LogP) is 1.02. The standard InChI is InChI=1S/C15H20N4O2/c1-19(10-15(20)18-7-8-21-2)14-4-3-13(16)11-5-6-17-9-12(11)14/h3-6,9H,7-8,10,16H2,1-2H3,(H,18,20). The van der Waals surface area contributed by atoms with Crippen molar-refractivity contribution in [3.8, 4) is 0 Å². The van der Waals surface area contributed by atoms with Crippen LogP contribution < -0.4 is 16.0 Å². The fraction of sp³-hybridized carbons (Fsp3) is 0.333. The molecule has 1 heterocycles. The maximum atomic E-state index is 11.9. The molecule has 0 aliphatic heterocycles. The Morgan fingerprint density at radius 1 is 1.38 bits per heavy atom. The highest BCUT2D eigenvalue weighted by Crippen LogP contribution is 2.29. The third-order valence-corrected chi connectivity index (χ3v) is 3.25. The molecule has 1 aromatic heterocycles. The SMILES string of the molecule is COCCNC(=O)CN(C)c1ccc(N)c2ccncc12.